The van der Waals surface area contributed by atoms with E-state index in [0.717, 1.165) is 5.69 Å². The lowest BCUT2D eigenvalue weighted by atomic mass is 10.1. The smallest absolute Gasteiger partial charge is 0.128 e. The summed E-state index contributed by atoms with van der Waals surface area (Å²) in [6, 6.07) is 6.28. The molecule has 1 heterocycles. The van der Waals surface area contributed by atoms with E-state index in [2.05, 4.69) is 4.98 Å². The molecule has 0 bridgehead atoms. The molecule has 0 unspecified atom stereocenters. The van der Waals surface area contributed by atoms with E-state index in [1.165, 1.54) is 18.2 Å². The molecule has 86 valence electrons. The van der Waals surface area contributed by atoms with E-state index in [0.29, 0.717) is 24.2 Å². The fourth-order valence-corrected chi connectivity index (χ4v) is 1.56. The van der Waals surface area contributed by atoms with E-state index in [9.17, 15) is 4.39 Å². The molecule has 0 saturated heterocycles. The zero-order valence-corrected chi connectivity index (χ0v) is 9.10. The molecule has 0 aliphatic heterocycles. The van der Waals surface area contributed by atoms with Crippen molar-refractivity contribution in [2.45, 2.75) is 13.1 Å². The Labute approximate surface area is 98.1 Å². The van der Waals surface area contributed by atoms with Crippen LogP contribution < -0.4 is 5.73 Å². The zero-order chi connectivity index (χ0) is 12.3. The predicted molar refractivity (Wildman–Crippen MR) is 60.3 cm³/mol. The Balaban J connectivity index is 2.26. The van der Waals surface area contributed by atoms with Gasteiger partial charge >= 0.3 is 0 Å². The van der Waals surface area contributed by atoms with Gasteiger partial charge in [-0.1, -0.05) is 0 Å². The van der Waals surface area contributed by atoms with E-state index < -0.39 is 0 Å². The predicted octanol–water partition coefficient (Wildman–Crippen LogP) is 1.40. The van der Waals surface area contributed by atoms with Crippen LogP contribution in [0, 0.1) is 17.1 Å². The monoisotopic (exact) mass is 230 g/mol. The maximum atomic E-state index is 13.5. The van der Waals surface area contributed by atoms with Gasteiger partial charge in [-0.15, -0.1) is 0 Å². The van der Waals surface area contributed by atoms with Crippen molar-refractivity contribution in [3.63, 3.8) is 0 Å². The van der Waals surface area contributed by atoms with E-state index in [1.807, 2.05) is 6.07 Å². The van der Waals surface area contributed by atoms with Gasteiger partial charge in [-0.25, -0.2) is 9.37 Å². The SMILES string of the molecule is N#Cc1ccc(F)c(Cn2cnc(CN)c2)c1. The van der Waals surface area contributed by atoms with Crippen LogP contribution >= 0.6 is 0 Å². The van der Waals surface area contributed by atoms with Gasteiger partial charge in [-0.2, -0.15) is 5.26 Å². The summed E-state index contributed by atoms with van der Waals surface area (Å²) in [6.07, 6.45) is 3.36. The standard InChI is InChI=1S/C12H11FN4/c13-12-2-1-9(4-14)3-10(12)6-17-7-11(5-15)16-8-17/h1-3,7-8H,5-6,15H2. The average molecular weight is 230 g/mol. The molecule has 1 aromatic carbocycles. The molecule has 0 atom stereocenters. The van der Waals surface area contributed by atoms with Gasteiger partial charge in [0, 0.05) is 18.3 Å². The second-order valence-electron chi connectivity index (χ2n) is 3.66. The number of benzene rings is 1. The summed E-state index contributed by atoms with van der Waals surface area (Å²) in [7, 11) is 0. The van der Waals surface area contributed by atoms with Gasteiger partial charge < -0.3 is 10.3 Å². The number of imidazole rings is 1. The van der Waals surface area contributed by atoms with Crippen molar-refractivity contribution in [2.75, 3.05) is 0 Å². The number of nitriles is 1. The van der Waals surface area contributed by atoms with Crippen molar-refractivity contribution < 1.29 is 4.39 Å². The van der Waals surface area contributed by atoms with Crippen molar-refractivity contribution >= 4 is 0 Å². The summed E-state index contributed by atoms with van der Waals surface area (Å²) in [4.78, 5) is 4.05. The molecular weight excluding hydrogens is 219 g/mol. The summed E-state index contributed by atoms with van der Waals surface area (Å²) in [5.41, 5.74) is 7.10. The Morgan fingerprint density at radius 3 is 2.94 bits per heavy atom. The lowest BCUT2D eigenvalue weighted by molar-refractivity contribution is 0.599. The van der Waals surface area contributed by atoms with Crippen LogP contribution in [-0.4, -0.2) is 9.55 Å². The van der Waals surface area contributed by atoms with Gasteiger partial charge in [0.2, 0.25) is 0 Å². The molecular formula is C12H11FN4. The van der Waals surface area contributed by atoms with E-state index in [-0.39, 0.29) is 5.82 Å². The first-order valence-corrected chi connectivity index (χ1v) is 5.12. The minimum Gasteiger partial charge on any atom is -0.333 e. The quantitative estimate of drug-likeness (QED) is 0.866. The number of nitrogens with two attached hydrogens (primary N) is 1. The molecule has 0 amide bonds. The van der Waals surface area contributed by atoms with Crippen molar-refractivity contribution in [3.8, 4) is 6.07 Å². The molecule has 2 N–H and O–H groups in total. The summed E-state index contributed by atoms with van der Waals surface area (Å²) in [6.45, 7) is 0.696. The summed E-state index contributed by atoms with van der Waals surface area (Å²) < 4.78 is 15.3. The number of hydrogen-bond acceptors (Lipinski definition) is 3. The number of rotatable bonds is 3. The lowest BCUT2D eigenvalue weighted by Gasteiger charge is -2.04. The minimum atomic E-state index is -0.327. The normalized spacial score (nSPS) is 10.2. The van der Waals surface area contributed by atoms with Crippen LogP contribution in [0.25, 0.3) is 0 Å². The van der Waals surface area contributed by atoms with Crippen LogP contribution in [0.2, 0.25) is 0 Å². The fourth-order valence-electron chi connectivity index (χ4n) is 1.56. The Morgan fingerprint density at radius 1 is 1.47 bits per heavy atom. The van der Waals surface area contributed by atoms with Crippen molar-refractivity contribution in [1.29, 1.82) is 5.26 Å². The molecule has 2 rings (SSSR count). The van der Waals surface area contributed by atoms with Crippen molar-refractivity contribution in [1.82, 2.24) is 9.55 Å². The first-order valence-electron chi connectivity index (χ1n) is 5.12. The first-order chi connectivity index (χ1) is 8.22. The van der Waals surface area contributed by atoms with Crippen LogP contribution in [0.5, 0.6) is 0 Å². The zero-order valence-electron chi connectivity index (χ0n) is 9.10. The third kappa shape index (κ3) is 2.49. The second-order valence-corrected chi connectivity index (χ2v) is 3.66. The Bertz CT molecular complexity index is 568. The molecule has 0 aliphatic carbocycles. The number of aromatic nitrogens is 2. The van der Waals surface area contributed by atoms with E-state index >= 15 is 0 Å². The minimum absolute atomic E-state index is 0.327. The van der Waals surface area contributed by atoms with Crippen LogP contribution in [0.4, 0.5) is 4.39 Å². The maximum Gasteiger partial charge on any atom is 0.128 e. The third-order valence-electron chi connectivity index (χ3n) is 2.42. The third-order valence-corrected chi connectivity index (χ3v) is 2.42. The summed E-state index contributed by atoms with van der Waals surface area (Å²) >= 11 is 0. The molecule has 2 aromatic rings. The van der Waals surface area contributed by atoms with Crippen LogP contribution in [0.3, 0.4) is 0 Å². The van der Waals surface area contributed by atoms with Gasteiger partial charge in [0.15, 0.2) is 0 Å². The number of nitrogens with zero attached hydrogens (tertiary/aromatic N) is 3. The highest BCUT2D eigenvalue weighted by molar-refractivity contribution is 5.33. The lowest BCUT2D eigenvalue weighted by Crippen LogP contribution is -2.00. The second kappa shape index (κ2) is 4.76. The van der Waals surface area contributed by atoms with Gasteiger partial charge in [0.1, 0.15) is 5.82 Å². The fraction of sp³-hybridized carbons (Fsp3) is 0.167. The van der Waals surface area contributed by atoms with E-state index in [1.54, 1.807) is 17.1 Å². The molecule has 4 nitrogen and oxygen atoms in total. The topological polar surface area (TPSA) is 67.6 Å². The maximum absolute atomic E-state index is 13.5. The molecule has 0 radical (unpaired) electrons. The van der Waals surface area contributed by atoms with Crippen molar-refractivity contribution in [2.24, 2.45) is 5.73 Å². The highest BCUT2D eigenvalue weighted by Crippen LogP contribution is 2.12. The Kier molecular flexibility index (Phi) is 3.17. The molecule has 0 saturated carbocycles. The average Bonchev–Trinajstić information content (AvgIpc) is 2.80. The van der Waals surface area contributed by atoms with Crippen molar-refractivity contribution in [3.05, 3.63) is 53.4 Å². The molecule has 0 aliphatic rings. The summed E-state index contributed by atoms with van der Waals surface area (Å²) in [5.74, 6) is -0.327. The van der Waals surface area contributed by atoms with Crippen LogP contribution in [-0.2, 0) is 13.1 Å². The largest absolute Gasteiger partial charge is 0.333 e. The van der Waals surface area contributed by atoms with Gasteiger partial charge in [-0.05, 0) is 18.2 Å². The molecule has 17 heavy (non-hydrogen) atoms. The van der Waals surface area contributed by atoms with Crippen LogP contribution in [0.1, 0.15) is 16.8 Å². The van der Waals surface area contributed by atoms with Crippen LogP contribution in [0.15, 0.2) is 30.7 Å². The summed E-state index contributed by atoms with van der Waals surface area (Å²) in [5, 5.41) is 8.75. The highest BCUT2D eigenvalue weighted by atomic mass is 19.1. The molecule has 1 aromatic heterocycles. The molecule has 0 fully saturated rings. The number of hydrogen-bond donors (Lipinski definition) is 1. The van der Waals surface area contributed by atoms with E-state index in [4.69, 9.17) is 11.0 Å². The highest BCUT2D eigenvalue weighted by Gasteiger charge is 2.05. The Hall–Kier alpha value is -2.19. The number of halogens is 1. The Morgan fingerprint density at radius 2 is 2.29 bits per heavy atom. The molecule has 5 heteroatoms. The van der Waals surface area contributed by atoms with Gasteiger partial charge in [-0.3, -0.25) is 0 Å². The molecule has 0 spiro atoms. The first kappa shape index (κ1) is 11.3. The van der Waals surface area contributed by atoms with Gasteiger partial charge in [0.25, 0.3) is 0 Å². The van der Waals surface area contributed by atoms with Gasteiger partial charge in [0.05, 0.1) is 30.2 Å².